The van der Waals surface area contributed by atoms with Crippen molar-refractivity contribution >= 4 is 5.69 Å². The average Bonchev–Trinajstić information content (AvgIpc) is 2.49. The third-order valence-corrected chi connectivity index (χ3v) is 3.80. The monoisotopic (exact) mass is 279 g/mol. The Bertz CT molecular complexity index is 505. The zero-order valence-electron chi connectivity index (χ0n) is 11.6. The number of nitriles is 1. The first kappa shape index (κ1) is 14.7. The van der Waals surface area contributed by atoms with E-state index < -0.39 is 11.6 Å². The molecule has 1 unspecified atom stereocenters. The van der Waals surface area contributed by atoms with E-state index in [1.807, 2.05) is 0 Å². The maximum absolute atomic E-state index is 13.7. The molecular formula is C15H19F2N3. The molecular weight excluding hydrogens is 260 g/mol. The number of halogens is 2. The van der Waals surface area contributed by atoms with Crippen LogP contribution >= 0.6 is 0 Å². The lowest BCUT2D eigenvalue weighted by molar-refractivity contribution is 0.180. The molecule has 0 amide bonds. The number of nitrogens with zero attached hydrogens (tertiary/aromatic N) is 2. The smallest absolute Gasteiger partial charge is 0.183 e. The van der Waals surface area contributed by atoms with Crippen LogP contribution < -0.4 is 5.32 Å². The van der Waals surface area contributed by atoms with Crippen molar-refractivity contribution in [1.82, 2.24) is 4.90 Å². The maximum atomic E-state index is 13.7. The van der Waals surface area contributed by atoms with Crippen molar-refractivity contribution in [2.24, 2.45) is 0 Å². The molecule has 1 N–H and O–H groups in total. The van der Waals surface area contributed by atoms with Crippen LogP contribution in [0.15, 0.2) is 12.1 Å². The van der Waals surface area contributed by atoms with Gasteiger partial charge in [0.2, 0.25) is 0 Å². The van der Waals surface area contributed by atoms with Gasteiger partial charge in [-0.2, -0.15) is 5.26 Å². The van der Waals surface area contributed by atoms with Gasteiger partial charge in [0.1, 0.15) is 6.07 Å². The van der Waals surface area contributed by atoms with Gasteiger partial charge in [0.05, 0.1) is 11.3 Å². The summed E-state index contributed by atoms with van der Waals surface area (Å²) in [4.78, 5) is 2.36. The second-order valence-electron chi connectivity index (χ2n) is 5.23. The molecule has 0 aliphatic carbocycles. The lowest BCUT2D eigenvalue weighted by Gasteiger charge is -2.32. The normalized spacial score (nSPS) is 17.5. The van der Waals surface area contributed by atoms with E-state index in [1.54, 1.807) is 6.07 Å². The number of likely N-dealkylation sites (tertiary alicyclic amines) is 1. The van der Waals surface area contributed by atoms with Crippen LogP contribution in [0.25, 0.3) is 0 Å². The van der Waals surface area contributed by atoms with Crippen LogP contribution in [0.4, 0.5) is 14.5 Å². The highest BCUT2D eigenvalue weighted by Crippen LogP contribution is 2.20. The van der Waals surface area contributed by atoms with Crippen LogP contribution in [0, 0.1) is 23.0 Å². The summed E-state index contributed by atoms with van der Waals surface area (Å²) >= 11 is 0. The highest BCUT2D eigenvalue weighted by Gasteiger charge is 2.18. The number of benzene rings is 1. The quantitative estimate of drug-likeness (QED) is 0.920. The molecule has 0 bridgehead atoms. The van der Waals surface area contributed by atoms with Crippen LogP contribution in [-0.2, 0) is 0 Å². The van der Waals surface area contributed by atoms with Crippen molar-refractivity contribution in [1.29, 1.82) is 5.26 Å². The zero-order chi connectivity index (χ0) is 14.5. The van der Waals surface area contributed by atoms with Gasteiger partial charge in [0.15, 0.2) is 11.6 Å². The summed E-state index contributed by atoms with van der Waals surface area (Å²) in [5.41, 5.74) is -0.150. The second kappa shape index (κ2) is 6.67. The van der Waals surface area contributed by atoms with Gasteiger partial charge in [0, 0.05) is 12.6 Å². The van der Waals surface area contributed by atoms with Crippen molar-refractivity contribution in [2.45, 2.75) is 32.2 Å². The molecule has 1 aromatic carbocycles. The first-order valence-corrected chi connectivity index (χ1v) is 6.99. The predicted molar refractivity (Wildman–Crippen MR) is 74.4 cm³/mol. The molecule has 1 aliphatic heterocycles. The first-order chi connectivity index (χ1) is 9.63. The molecule has 1 saturated heterocycles. The molecule has 108 valence electrons. The number of anilines is 1. The van der Waals surface area contributed by atoms with Crippen LogP contribution in [0.5, 0.6) is 0 Å². The second-order valence-corrected chi connectivity index (χ2v) is 5.23. The highest BCUT2D eigenvalue weighted by atomic mass is 19.2. The Morgan fingerprint density at radius 1 is 1.25 bits per heavy atom. The van der Waals surface area contributed by atoms with Crippen molar-refractivity contribution in [3.8, 4) is 6.07 Å². The van der Waals surface area contributed by atoms with Gasteiger partial charge in [-0.1, -0.05) is 6.42 Å². The first-order valence-electron chi connectivity index (χ1n) is 6.99. The molecule has 0 aromatic heterocycles. The number of nitrogens with one attached hydrogen (secondary N) is 1. The van der Waals surface area contributed by atoms with E-state index in [2.05, 4.69) is 17.1 Å². The summed E-state index contributed by atoms with van der Waals surface area (Å²) in [6.45, 7) is 4.76. The maximum Gasteiger partial charge on any atom is 0.183 e. The lowest BCUT2D eigenvalue weighted by atomic mass is 10.1. The fourth-order valence-electron chi connectivity index (χ4n) is 2.52. The molecule has 1 fully saturated rings. The topological polar surface area (TPSA) is 39.1 Å². The average molecular weight is 279 g/mol. The van der Waals surface area contributed by atoms with Crippen molar-refractivity contribution in [3.05, 3.63) is 29.3 Å². The summed E-state index contributed by atoms with van der Waals surface area (Å²) in [5, 5.41) is 11.6. The van der Waals surface area contributed by atoms with Crippen LogP contribution in [0.3, 0.4) is 0 Å². The van der Waals surface area contributed by atoms with Gasteiger partial charge in [-0.05, 0) is 45.0 Å². The molecule has 0 spiro atoms. The zero-order valence-corrected chi connectivity index (χ0v) is 11.6. The summed E-state index contributed by atoms with van der Waals surface area (Å²) in [6.07, 6.45) is 3.67. The van der Waals surface area contributed by atoms with Gasteiger partial charge in [-0.3, -0.25) is 4.90 Å². The van der Waals surface area contributed by atoms with E-state index in [1.165, 1.54) is 31.4 Å². The van der Waals surface area contributed by atoms with Crippen LogP contribution in [0.2, 0.25) is 0 Å². The van der Waals surface area contributed by atoms with Gasteiger partial charge in [-0.15, -0.1) is 0 Å². The Kier molecular flexibility index (Phi) is 4.91. The number of rotatable bonds is 4. The molecule has 1 aliphatic rings. The number of piperidine rings is 1. The Hall–Kier alpha value is -1.67. The Morgan fingerprint density at radius 3 is 2.60 bits per heavy atom. The Balaban J connectivity index is 1.97. The van der Waals surface area contributed by atoms with Crippen molar-refractivity contribution < 1.29 is 8.78 Å². The minimum atomic E-state index is -1.08. The SMILES string of the molecule is CC(CNc1ccc(C#N)c(F)c1F)N1CCCCC1. The van der Waals surface area contributed by atoms with E-state index in [-0.39, 0.29) is 17.3 Å². The molecule has 3 nitrogen and oxygen atoms in total. The van der Waals surface area contributed by atoms with Crippen molar-refractivity contribution in [2.75, 3.05) is 25.0 Å². The lowest BCUT2D eigenvalue weighted by Crippen LogP contribution is -2.41. The fourth-order valence-corrected chi connectivity index (χ4v) is 2.52. The summed E-state index contributed by atoms with van der Waals surface area (Å²) in [7, 11) is 0. The van der Waals surface area contributed by atoms with Gasteiger partial charge < -0.3 is 5.32 Å². The van der Waals surface area contributed by atoms with E-state index in [0.29, 0.717) is 6.54 Å². The molecule has 1 atom stereocenters. The van der Waals surface area contributed by atoms with E-state index in [0.717, 1.165) is 13.1 Å². The molecule has 1 heterocycles. The van der Waals surface area contributed by atoms with E-state index in [4.69, 9.17) is 5.26 Å². The minimum Gasteiger partial charge on any atom is -0.381 e. The van der Waals surface area contributed by atoms with Crippen LogP contribution in [0.1, 0.15) is 31.7 Å². The molecule has 20 heavy (non-hydrogen) atoms. The third kappa shape index (κ3) is 3.26. The van der Waals surface area contributed by atoms with Gasteiger partial charge >= 0.3 is 0 Å². The summed E-state index contributed by atoms with van der Waals surface area (Å²) in [6, 6.07) is 4.62. The summed E-state index contributed by atoms with van der Waals surface area (Å²) in [5.74, 6) is -2.06. The Labute approximate surface area is 118 Å². The molecule has 5 heteroatoms. The van der Waals surface area contributed by atoms with E-state index >= 15 is 0 Å². The Morgan fingerprint density at radius 2 is 1.95 bits per heavy atom. The molecule has 0 radical (unpaired) electrons. The third-order valence-electron chi connectivity index (χ3n) is 3.80. The number of hydrogen-bond donors (Lipinski definition) is 1. The van der Waals surface area contributed by atoms with Crippen molar-refractivity contribution in [3.63, 3.8) is 0 Å². The molecule has 2 rings (SSSR count). The number of hydrogen-bond acceptors (Lipinski definition) is 3. The van der Waals surface area contributed by atoms with Gasteiger partial charge in [-0.25, -0.2) is 8.78 Å². The molecule has 1 aromatic rings. The minimum absolute atomic E-state index is 0.116. The summed E-state index contributed by atoms with van der Waals surface area (Å²) < 4.78 is 27.2. The molecule has 0 saturated carbocycles. The van der Waals surface area contributed by atoms with Gasteiger partial charge in [0.25, 0.3) is 0 Å². The largest absolute Gasteiger partial charge is 0.381 e. The standard InChI is InChI=1S/C15H19F2N3/c1-11(20-7-3-2-4-8-20)10-19-13-6-5-12(9-18)14(16)15(13)17/h5-6,11,19H,2-4,7-8,10H2,1H3. The van der Waals surface area contributed by atoms with Crippen LogP contribution in [-0.4, -0.2) is 30.6 Å². The fraction of sp³-hybridized carbons (Fsp3) is 0.533. The van der Waals surface area contributed by atoms with E-state index in [9.17, 15) is 8.78 Å². The predicted octanol–water partition coefficient (Wildman–Crippen LogP) is 3.12. The highest BCUT2D eigenvalue weighted by molar-refractivity contribution is 5.49.